The SMILES string of the molecule is C=C(C)CNC(=NCC(=O)N(C)C)NCC1COC2(CCCCC2)O1.I. The highest BCUT2D eigenvalue weighted by Crippen LogP contribution is 2.37. The van der Waals surface area contributed by atoms with Crippen LogP contribution in [0.25, 0.3) is 0 Å². The summed E-state index contributed by atoms with van der Waals surface area (Å²) in [6, 6.07) is 0. The molecule has 0 aromatic rings. The second-order valence-corrected chi connectivity index (χ2v) is 7.17. The molecule has 2 fully saturated rings. The Labute approximate surface area is 174 Å². The predicted molar refractivity (Wildman–Crippen MR) is 114 cm³/mol. The Kier molecular flexibility index (Phi) is 9.88. The maximum Gasteiger partial charge on any atom is 0.243 e. The molecule has 2 N–H and O–H groups in total. The number of ether oxygens (including phenoxy) is 2. The molecule has 8 heteroatoms. The summed E-state index contributed by atoms with van der Waals surface area (Å²) in [6.07, 6.45) is 5.56. The molecule has 1 heterocycles. The van der Waals surface area contributed by atoms with Gasteiger partial charge in [0.15, 0.2) is 11.7 Å². The highest BCUT2D eigenvalue weighted by molar-refractivity contribution is 14.0. The Morgan fingerprint density at radius 3 is 2.58 bits per heavy atom. The first-order valence-electron chi connectivity index (χ1n) is 9.09. The summed E-state index contributed by atoms with van der Waals surface area (Å²) in [5.41, 5.74) is 0.995. The van der Waals surface area contributed by atoms with Crippen molar-refractivity contribution in [2.75, 3.05) is 40.3 Å². The molecule has 1 unspecified atom stereocenters. The molecule has 0 aromatic heterocycles. The van der Waals surface area contributed by atoms with Crippen LogP contribution in [0.4, 0.5) is 0 Å². The van der Waals surface area contributed by atoms with Crippen LogP contribution in [0.5, 0.6) is 0 Å². The van der Waals surface area contributed by atoms with Gasteiger partial charge in [-0.3, -0.25) is 4.79 Å². The molecule has 0 radical (unpaired) electrons. The first-order valence-corrected chi connectivity index (χ1v) is 9.09. The van der Waals surface area contributed by atoms with E-state index >= 15 is 0 Å². The molecule has 1 saturated carbocycles. The number of amides is 1. The van der Waals surface area contributed by atoms with Crippen LogP contribution >= 0.6 is 24.0 Å². The number of nitrogens with zero attached hydrogens (tertiary/aromatic N) is 2. The number of nitrogens with one attached hydrogen (secondary N) is 2. The van der Waals surface area contributed by atoms with Crippen LogP contribution in [-0.4, -0.2) is 69.0 Å². The lowest BCUT2D eigenvalue weighted by molar-refractivity contribution is -0.186. The Morgan fingerprint density at radius 1 is 1.27 bits per heavy atom. The maximum absolute atomic E-state index is 11.7. The van der Waals surface area contributed by atoms with Crippen molar-refractivity contribution in [1.82, 2.24) is 15.5 Å². The number of halogens is 1. The number of guanidine groups is 1. The first kappa shape index (κ1) is 23.2. The van der Waals surface area contributed by atoms with Crippen LogP contribution < -0.4 is 10.6 Å². The van der Waals surface area contributed by atoms with Crippen LogP contribution in [0.15, 0.2) is 17.1 Å². The van der Waals surface area contributed by atoms with Crippen molar-refractivity contribution in [2.45, 2.75) is 50.9 Å². The van der Waals surface area contributed by atoms with Gasteiger partial charge in [-0.15, -0.1) is 24.0 Å². The fourth-order valence-electron chi connectivity index (χ4n) is 2.98. The summed E-state index contributed by atoms with van der Waals surface area (Å²) < 4.78 is 12.1. The lowest BCUT2D eigenvalue weighted by Crippen LogP contribution is -2.43. The minimum atomic E-state index is -0.367. The van der Waals surface area contributed by atoms with Gasteiger partial charge in [-0.25, -0.2) is 4.99 Å². The number of rotatable bonds is 6. The van der Waals surface area contributed by atoms with Crippen LogP contribution in [0.3, 0.4) is 0 Å². The Balaban J connectivity index is 0.00000338. The van der Waals surface area contributed by atoms with Gasteiger partial charge in [-0.2, -0.15) is 0 Å². The fourth-order valence-corrected chi connectivity index (χ4v) is 2.98. The van der Waals surface area contributed by atoms with Gasteiger partial charge in [0.2, 0.25) is 5.91 Å². The summed E-state index contributed by atoms with van der Waals surface area (Å²) in [4.78, 5) is 17.6. The van der Waals surface area contributed by atoms with Crippen LogP contribution in [-0.2, 0) is 14.3 Å². The molecule has 1 aliphatic heterocycles. The molecule has 2 aliphatic rings. The Bertz CT molecular complexity index is 505. The van der Waals surface area contributed by atoms with E-state index in [1.54, 1.807) is 14.1 Å². The summed E-state index contributed by atoms with van der Waals surface area (Å²) in [7, 11) is 3.44. The van der Waals surface area contributed by atoms with Gasteiger partial charge in [-0.05, 0) is 19.8 Å². The molecule has 0 bridgehead atoms. The average Bonchev–Trinajstić information content (AvgIpc) is 2.96. The van der Waals surface area contributed by atoms with Gasteiger partial charge in [0.1, 0.15) is 12.6 Å². The van der Waals surface area contributed by atoms with Crippen molar-refractivity contribution in [3.8, 4) is 0 Å². The van der Waals surface area contributed by atoms with Crippen molar-refractivity contribution in [3.05, 3.63) is 12.2 Å². The van der Waals surface area contributed by atoms with Crippen LogP contribution in [0.2, 0.25) is 0 Å². The van der Waals surface area contributed by atoms with Crippen molar-refractivity contribution in [2.24, 2.45) is 4.99 Å². The highest BCUT2D eigenvalue weighted by Gasteiger charge is 2.42. The minimum Gasteiger partial charge on any atom is -0.354 e. The average molecular weight is 480 g/mol. The number of hydrogen-bond donors (Lipinski definition) is 2. The third kappa shape index (κ3) is 7.40. The molecule has 1 amide bonds. The third-order valence-corrected chi connectivity index (χ3v) is 4.46. The standard InChI is InChI=1S/C18H32N4O3.HI/c1-14(2)10-19-17(21-12-16(23)22(3)4)20-11-15-13-24-18(25-15)8-6-5-7-9-18;/h15H,1,5-13H2,2-4H3,(H2,19,20,21);1H. The molecule has 2 rings (SSSR count). The number of hydrogen-bond acceptors (Lipinski definition) is 4. The summed E-state index contributed by atoms with van der Waals surface area (Å²) in [5.74, 6) is 0.179. The number of likely N-dealkylation sites (N-methyl/N-ethyl adjacent to an activating group) is 1. The van der Waals surface area contributed by atoms with E-state index in [1.807, 2.05) is 6.92 Å². The quantitative estimate of drug-likeness (QED) is 0.263. The van der Waals surface area contributed by atoms with Gasteiger partial charge < -0.3 is 25.0 Å². The molecule has 1 aliphatic carbocycles. The van der Waals surface area contributed by atoms with E-state index in [2.05, 4.69) is 22.2 Å². The van der Waals surface area contributed by atoms with Gasteiger partial charge in [0.25, 0.3) is 0 Å². The van der Waals surface area contributed by atoms with E-state index < -0.39 is 0 Å². The second-order valence-electron chi connectivity index (χ2n) is 7.17. The largest absolute Gasteiger partial charge is 0.354 e. The third-order valence-electron chi connectivity index (χ3n) is 4.46. The van der Waals surface area contributed by atoms with E-state index in [1.165, 1.54) is 24.2 Å². The zero-order valence-corrected chi connectivity index (χ0v) is 18.5. The molecular weight excluding hydrogens is 447 g/mol. The first-order chi connectivity index (χ1) is 11.9. The lowest BCUT2D eigenvalue weighted by Gasteiger charge is -2.31. The molecule has 26 heavy (non-hydrogen) atoms. The molecule has 7 nitrogen and oxygen atoms in total. The van der Waals surface area contributed by atoms with E-state index in [0.717, 1.165) is 18.4 Å². The molecule has 1 atom stereocenters. The Hall–Kier alpha value is -0.870. The highest BCUT2D eigenvalue weighted by atomic mass is 127. The fraction of sp³-hybridized carbons (Fsp3) is 0.778. The minimum absolute atomic E-state index is 0. The van der Waals surface area contributed by atoms with Crippen molar-refractivity contribution < 1.29 is 14.3 Å². The predicted octanol–water partition coefficient (Wildman–Crippen LogP) is 1.88. The Morgan fingerprint density at radius 2 is 1.96 bits per heavy atom. The summed E-state index contributed by atoms with van der Waals surface area (Å²) in [5, 5.41) is 6.44. The van der Waals surface area contributed by atoms with E-state index in [-0.39, 0.29) is 48.3 Å². The van der Waals surface area contributed by atoms with Gasteiger partial charge in [0, 0.05) is 40.0 Å². The molecular formula is C18H33IN4O3. The number of carbonyl (C=O) groups excluding carboxylic acids is 1. The monoisotopic (exact) mass is 480 g/mol. The van der Waals surface area contributed by atoms with Crippen molar-refractivity contribution >= 4 is 35.8 Å². The van der Waals surface area contributed by atoms with E-state index in [4.69, 9.17) is 9.47 Å². The summed E-state index contributed by atoms with van der Waals surface area (Å²) >= 11 is 0. The smallest absolute Gasteiger partial charge is 0.243 e. The molecule has 1 spiro atoms. The summed E-state index contributed by atoms with van der Waals surface area (Å²) in [6.45, 7) is 7.72. The normalized spacial score (nSPS) is 21.8. The lowest BCUT2D eigenvalue weighted by atomic mass is 9.94. The topological polar surface area (TPSA) is 75.2 Å². The molecule has 0 aromatic carbocycles. The zero-order chi connectivity index (χ0) is 18.3. The van der Waals surface area contributed by atoms with Crippen molar-refractivity contribution in [3.63, 3.8) is 0 Å². The van der Waals surface area contributed by atoms with Crippen LogP contribution in [0.1, 0.15) is 39.0 Å². The zero-order valence-electron chi connectivity index (χ0n) is 16.2. The van der Waals surface area contributed by atoms with Gasteiger partial charge >= 0.3 is 0 Å². The van der Waals surface area contributed by atoms with Gasteiger partial charge in [-0.1, -0.05) is 18.6 Å². The molecule has 150 valence electrons. The van der Waals surface area contributed by atoms with E-state index in [0.29, 0.717) is 25.7 Å². The molecule has 1 saturated heterocycles. The number of carbonyl (C=O) groups is 1. The van der Waals surface area contributed by atoms with Crippen LogP contribution in [0, 0.1) is 0 Å². The maximum atomic E-state index is 11.7. The number of aliphatic imine (C=N–C) groups is 1. The second kappa shape index (κ2) is 11.1. The van der Waals surface area contributed by atoms with Gasteiger partial charge in [0.05, 0.1) is 6.61 Å². The van der Waals surface area contributed by atoms with Crippen molar-refractivity contribution in [1.29, 1.82) is 0 Å². The van der Waals surface area contributed by atoms with E-state index in [9.17, 15) is 4.79 Å².